The average molecular weight is 800 g/mol. The fraction of sp³-hybridized carbons (Fsp3) is 0.611. The smallest absolute Gasteiger partial charge is 0.220 e. The monoisotopic (exact) mass is 800 g/mol. The molecule has 0 heterocycles. The SMILES string of the molecule is CC/C=C\C/C=C\C/C=C\C/C=C\C/C=C\C/C=C\C/C=C\C/C=C\CCCCCCCCC(=O)NC(CO)C(O)/C=C/CC/C=C/CCCCCCCCCCC. The first kappa shape index (κ1) is 54.8. The molecule has 58 heavy (non-hydrogen) atoms. The van der Waals surface area contributed by atoms with Crippen LogP contribution in [0.3, 0.4) is 0 Å². The summed E-state index contributed by atoms with van der Waals surface area (Å²) in [5.41, 5.74) is 0. The van der Waals surface area contributed by atoms with Crippen LogP contribution < -0.4 is 5.32 Å². The molecule has 0 aromatic carbocycles. The van der Waals surface area contributed by atoms with Gasteiger partial charge in [0.15, 0.2) is 0 Å². The summed E-state index contributed by atoms with van der Waals surface area (Å²) < 4.78 is 0. The first-order valence-electron chi connectivity index (χ1n) is 23.7. The molecule has 0 aliphatic carbocycles. The molecular weight excluding hydrogens is 711 g/mol. The van der Waals surface area contributed by atoms with Gasteiger partial charge in [-0.05, 0) is 96.3 Å². The van der Waals surface area contributed by atoms with Crippen LogP contribution in [-0.4, -0.2) is 34.9 Å². The van der Waals surface area contributed by atoms with Gasteiger partial charge in [0.2, 0.25) is 5.91 Å². The van der Waals surface area contributed by atoms with Gasteiger partial charge in [-0.2, -0.15) is 0 Å². The predicted molar refractivity (Wildman–Crippen MR) is 257 cm³/mol. The van der Waals surface area contributed by atoms with E-state index in [0.717, 1.165) is 96.3 Å². The molecule has 0 aromatic rings. The lowest BCUT2D eigenvalue weighted by Gasteiger charge is -2.19. The molecule has 3 N–H and O–H groups in total. The molecule has 0 saturated heterocycles. The Morgan fingerprint density at radius 2 is 0.776 bits per heavy atom. The van der Waals surface area contributed by atoms with Gasteiger partial charge in [-0.25, -0.2) is 0 Å². The van der Waals surface area contributed by atoms with Crippen molar-refractivity contribution in [3.63, 3.8) is 0 Å². The van der Waals surface area contributed by atoms with E-state index >= 15 is 0 Å². The van der Waals surface area contributed by atoms with Crippen molar-refractivity contribution in [1.29, 1.82) is 0 Å². The highest BCUT2D eigenvalue weighted by Gasteiger charge is 2.17. The highest BCUT2D eigenvalue weighted by atomic mass is 16.3. The summed E-state index contributed by atoms with van der Waals surface area (Å²) >= 11 is 0. The highest BCUT2D eigenvalue weighted by Crippen LogP contribution is 2.12. The fourth-order valence-corrected chi connectivity index (χ4v) is 6.33. The number of hydrogen-bond donors (Lipinski definition) is 3. The molecule has 0 radical (unpaired) electrons. The average Bonchev–Trinajstić information content (AvgIpc) is 3.23. The number of aliphatic hydroxyl groups excluding tert-OH is 2. The maximum absolute atomic E-state index is 12.4. The highest BCUT2D eigenvalue weighted by molar-refractivity contribution is 5.76. The van der Waals surface area contributed by atoms with Crippen LogP contribution in [0.4, 0.5) is 0 Å². The molecule has 0 saturated carbocycles. The normalized spacial score (nSPS) is 14.1. The van der Waals surface area contributed by atoms with Gasteiger partial charge < -0.3 is 15.5 Å². The van der Waals surface area contributed by atoms with Gasteiger partial charge in [-0.1, -0.05) is 212 Å². The predicted octanol–water partition coefficient (Wildman–Crippen LogP) is 15.3. The molecule has 0 fully saturated rings. The second-order valence-corrected chi connectivity index (χ2v) is 15.4. The number of rotatable bonds is 41. The van der Waals surface area contributed by atoms with Crippen molar-refractivity contribution in [2.45, 2.75) is 206 Å². The largest absolute Gasteiger partial charge is 0.394 e. The summed E-state index contributed by atoms with van der Waals surface area (Å²) in [7, 11) is 0. The van der Waals surface area contributed by atoms with Crippen molar-refractivity contribution in [2.24, 2.45) is 0 Å². The summed E-state index contributed by atoms with van der Waals surface area (Å²) in [6.45, 7) is 4.16. The van der Waals surface area contributed by atoms with Crippen molar-refractivity contribution in [1.82, 2.24) is 5.32 Å². The molecular formula is C54H89NO3. The Kier molecular flexibility index (Phi) is 45.5. The van der Waals surface area contributed by atoms with Crippen molar-refractivity contribution < 1.29 is 15.0 Å². The zero-order valence-electron chi connectivity index (χ0n) is 37.5. The lowest BCUT2D eigenvalue weighted by Crippen LogP contribution is -2.45. The van der Waals surface area contributed by atoms with Gasteiger partial charge in [0.05, 0.1) is 18.8 Å². The van der Waals surface area contributed by atoms with E-state index in [-0.39, 0.29) is 12.5 Å². The molecule has 328 valence electrons. The molecule has 0 bridgehead atoms. The zero-order valence-corrected chi connectivity index (χ0v) is 37.5. The Labute approximate surface area is 358 Å². The van der Waals surface area contributed by atoms with Crippen molar-refractivity contribution >= 4 is 5.91 Å². The second kappa shape index (κ2) is 48.2. The number of hydrogen-bond acceptors (Lipinski definition) is 3. The molecule has 4 nitrogen and oxygen atoms in total. The number of amides is 1. The van der Waals surface area contributed by atoms with Crippen LogP contribution in [0.5, 0.6) is 0 Å². The topological polar surface area (TPSA) is 69.6 Å². The first-order chi connectivity index (χ1) is 28.7. The minimum atomic E-state index is -0.877. The number of unbranched alkanes of at least 4 members (excludes halogenated alkanes) is 16. The van der Waals surface area contributed by atoms with Crippen LogP contribution in [0, 0.1) is 0 Å². The summed E-state index contributed by atoms with van der Waals surface area (Å²) in [5, 5.41) is 23.0. The molecule has 1 amide bonds. The van der Waals surface area contributed by atoms with Gasteiger partial charge in [-0.3, -0.25) is 4.79 Å². The Morgan fingerprint density at radius 1 is 0.431 bits per heavy atom. The van der Waals surface area contributed by atoms with E-state index in [1.54, 1.807) is 6.08 Å². The lowest BCUT2D eigenvalue weighted by atomic mass is 10.1. The molecule has 0 aliphatic heterocycles. The molecule has 0 rings (SSSR count). The van der Waals surface area contributed by atoms with Crippen LogP contribution in [-0.2, 0) is 4.79 Å². The zero-order chi connectivity index (χ0) is 42.1. The van der Waals surface area contributed by atoms with Gasteiger partial charge >= 0.3 is 0 Å². The molecule has 0 spiro atoms. The fourth-order valence-electron chi connectivity index (χ4n) is 6.33. The van der Waals surface area contributed by atoms with Gasteiger partial charge in [0.1, 0.15) is 0 Å². The second-order valence-electron chi connectivity index (χ2n) is 15.4. The maximum Gasteiger partial charge on any atom is 0.220 e. The lowest BCUT2D eigenvalue weighted by molar-refractivity contribution is -0.123. The van der Waals surface area contributed by atoms with E-state index in [9.17, 15) is 15.0 Å². The van der Waals surface area contributed by atoms with E-state index in [1.807, 2.05) is 6.08 Å². The van der Waals surface area contributed by atoms with Crippen LogP contribution in [0.15, 0.2) is 122 Å². The third-order valence-corrected chi connectivity index (χ3v) is 9.93. The van der Waals surface area contributed by atoms with E-state index in [2.05, 4.69) is 129 Å². The van der Waals surface area contributed by atoms with E-state index in [1.165, 1.54) is 77.0 Å². The minimum absolute atomic E-state index is 0.0949. The summed E-state index contributed by atoms with van der Waals surface area (Å²) in [5.74, 6) is -0.0949. The van der Waals surface area contributed by atoms with Crippen molar-refractivity contribution in [3.8, 4) is 0 Å². The molecule has 0 aromatic heterocycles. The van der Waals surface area contributed by atoms with Gasteiger partial charge in [-0.15, -0.1) is 0 Å². The number of nitrogens with one attached hydrogen (secondary N) is 1. The third kappa shape index (κ3) is 43.9. The summed E-state index contributed by atoms with van der Waals surface area (Å²) in [4.78, 5) is 12.4. The van der Waals surface area contributed by atoms with Crippen LogP contribution >= 0.6 is 0 Å². The van der Waals surface area contributed by atoms with Gasteiger partial charge in [0, 0.05) is 6.42 Å². The molecule has 4 heteroatoms. The van der Waals surface area contributed by atoms with E-state index < -0.39 is 12.1 Å². The molecule has 0 aliphatic rings. The maximum atomic E-state index is 12.4. The van der Waals surface area contributed by atoms with Gasteiger partial charge in [0.25, 0.3) is 0 Å². The molecule has 2 atom stereocenters. The third-order valence-electron chi connectivity index (χ3n) is 9.93. The van der Waals surface area contributed by atoms with E-state index in [0.29, 0.717) is 6.42 Å². The van der Waals surface area contributed by atoms with Crippen LogP contribution in [0.2, 0.25) is 0 Å². The van der Waals surface area contributed by atoms with Crippen LogP contribution in [0.1, 0.15) is 194 Å². The number of aliphatic hydroxyl groups is 2. The van der Waals surface area contributed by atoms with E-state index in [4.69, 9.17) is 0 Å². The van der Waals surface area contributed by atoms with Crippen molar-refractivity contribution in [3.05, 3.63) is 122 Å². The standard InChI is InChI=1S/C54H89NO3/c1-3-5-7-9-11-13-15-17-19-20-21-22-23-24-25-26-27-28-29-30-31-32-33-34-36-38-40-42-44-46-48-50-54(58)55-52(51-56)53(57)49-47-45-43-41-39-37-35-18-16-14-12-10-8-6-4-2/h5,7,11,13,17,19,21-22,24-25,27-28,30-31,33-34,39,41,47,49,52-53,56-57H,3-4,6,8-10,12,14-16,18,20,23,26,29,32,35-38,40,42-46,48,50-51H2,1-2H3,(H,55,58)/b7-5-,13-11-,19-17-,22-21-,25-24-,28-27-,31-30-,34-33-,41-39+,49-47+. The first-order valence-corrected chi connectivity index (χ1v) is 23.7. The number of carbonyl (C=O) groups excluding carboxylic acids is 1. The quantitative estimate of drug-likeness (QED) is 0.0426. The van der Waals surface area contributed by atoms with Crippen LogP contribution in [0.25, 0.3) is 0 Å². The Balaban J connectivity index is 3.71. The minimum Gasteiger partial charge on any atom is -0.394 e. The Hall–Kier alpha value is -3.21. The Morgan fingerprint density at radius 3 is 1.21 bits per heavy atom. The number of allylic oxidation sites excluding steroid dienone is 19. The molecule has 2 unspecified atom stereocenters. The summed E-state index contributed by atoms with van der Waals surface area (Å²) in [6, 6.07) is -0.656. The summed E-state index contributed by atoms with van der Waals surface area (Å²) in [6.07, 6.45) is 74.5. The Bertz CT molecular complexity index is 1180. The van der Waals surface area contributed by atoms with Crippen molar-refractivity contribution in [2.75, 3.05) is 6.61 Å². The number of carbonyl (C=O) groups is 1.